The summed E-state index contributed by atoms with van der Waals surface area (Å²) < 4.78 is 0. The van der Waals surface area contributed by atoms with Crippen LogP contribution in [0.2, 0.25) is 0 Å². The third kappa shape index (κ3) is 3.65. The number of carbonyl (C=O) groups is 3. The second-order valence-corrected chi connectivity index (χ2v) is 12.5. The van der Waals surface area contributed by atoms with Crippen molar-refractivity contribution in [1.29, 1.82) is 0 Å². The quantitative estimate of drug-likeness (QED) is 0.509. The summed E-state index contributed by atoms with van der Waals surface area (Å²) in [4.78, 5) is 39.2. The van der Waals surface area contributed by atoms with Gasteiger partial charge in [0, 0.05) is 18.4 Å². The normalized spacial score (nSPS) is 40.6. The van der Waals surface area contributed by atoms with Crippen molar-refractivity contribution in [3.05, 3.63) is 23.3 Å². The predicted molar refractivity (Wildman–Crippen MR) is 131 cm³/mol. The second-order valence-electron chi connectivity index (χ2n) is 12.5. The Kier molecular flexibility index (Phi) is 6.50. The van der Waals surface area contributed by atoms with Crippen LogP contribution in [0.15, 0.2) is 23.3 Å². The maximum atomic E-state index is 13.8. The van der Waals surface area contributed by atoms with Crippen LogP contribution in [0.25, 0.3) is 0 Å². The number of carbonyl (C=O) groups excluding carboxylic acids is 2. The molecule has 2 saturated carbocycles. The minimum absolute atomic E-state index is 0.0421. The number of carboxylic acids is 1. The Morgan fingerprint density at radius 2 is 1.82 bits per heavy atom. The van der Waals surface area contributed by atoms with E-state index in [2.05, 4.69) is 34.3 Å². The predicted octanol–water partition coefficient (Wildman–Crippen LogP) is 5.37. The summed E-state index contributed by atoms with van der Waals surface area (Å²) >= 11 is 0. The highest BCUT2D eigenvalue weighted by molar-refractivity contribution is 6.07. The van der Waals surface area contributed by atoms with E-state index in [1.165, 1.54) is 5.57 Å². The lowest BCUT2D eigenvalue weighted by Gasteiger charge is -2.54. The standard InChI is InChI=1S/C29H42O5/c1-15(2)16(3)7-8-17(4)19-11-12-20-18-9-10-21-25(27(33)34)22(30)13-24(32)29(21,6)26(18)23(31)14-28(19,20)5/h15,17,19-22,25,30H,3,7-14H2,1-2,4-6H3,(H,33,34). The van der Waals surface area contributed by atoms with Crippen LogP contribution in [0.1, 0.15) is 86.0 Å². The molecule has 0 spiro atoms. The average molecular weight is 471 g/mol. The zero-order chi connectivity index (χ0) is 25.2. The van der Waals surface area contributed by atoms with Gasteiger partial charge in [0.15, 0.2) is 5.78 Å². The van der Waals surface area contributed by atoms with Crippen molar-refractivity contribution in [1.82, 2.24) is 0 Å². The maximum Gasteiger partial charge on any atom is 0.309 e. The number of carboxylic acid groups (broad SMARTS) is 1. The lowest BCUT2D eigenvalue weighted by atomic mass is 9.48. The summed E-state index contributed by atoms with van der Waals surface area (Å²) in [7, 11) is 0. The molecule has 5 nitrogen and oxygen atoms in total. The van der Waals surface area contributed by atoms with E-state index in [0.29, 0.717) is 42.6 Å². The third-order valence-corrected chi connectivity index (χ3v) is 10.5. The summed E-state index contributed by atoms with van der Waals surface area (Å²) in [6.45, 7) is 15.0. The Morgan fingerprint density at radius 1 is 1.15 bits per heavy atom. The van der Waals surface area contributed by atoms with Gasteiger partial charge in [-0.15, -0.1) is 0 Å². The highest BCUT2D eigenvalue weighted by atomic mass is 16.4. The summed E-state index contributed by atoms with van der Waals surface area (Å²) in [6.07, 6.45) is 4.51. The lowest BCUT2D eigenvalue weighted by molar-refractivity contribution is -0.162. The number of hydrogen-bond acceptors (Lipinski definition) is 4. The molecule has 4 aliphatic carbocycles. The topological polar surface area (TPSA) is 91.7 Å². The van der Waals surface area contributed by atoms with Crippen LogP contribution in [-0.4, -0.2) is 33.9 Å². The van der Waals surface area contributed by atoms with Crippen LogP contribution in [-0.2, 0) is 14.4 Å². The fourth-order valence-corrected chi connectivity index (χ4v) is 8.44. The Hall–Kier alpha value is -1.75. The highest BCUT2D eigenvalue weighted by Crippen LogP contribution is 2.65. The van der Waals surface area contributed by atoms with E-state index in [4.69, 9.17) is 0 Å². The number of aliphatic hydroxyl groups is 1. The van der Waals surface area contributed by atoms with Crippen molar-refractivity contribution in [2.75, 3.05) is 0 Å². The highest BCUT2D eigenvalue weighted by Gasteiger charge is 2.63. The summed E-state index contributed by atoms with van der Waals surface area (Å²) in [5.41, 5.74) is 1.84. The van der Waals surface area contributed by atoms with E-state index in [0.717, 1.165) is 31.3 Å². The van der Waals surface area contributed by atoms with Gasteiger partial charge < -0.3 is 10.2 Å². The molecule has 2 N–H and O–H groups in total. The molecule has 0 bridgehead atoms. The number of ketones is 2. The first-order valence-corrected chi connectivity index (χ1v) is 13.2. The van der Waals surface area contributed by atoms with Crippen LogP contribution in [0.3, 0.4) is 0 Å². The van der Waals surface area contributed by atoms with Crippen LogP contribution < -0.4 is 0 Å². The van der Waals surface area contributed by atoms with Crippen molar-refractivity contribution < 1.29 is 24.6 Å². The number of aliphatic carboxylic acids is 1. The summed E-state index contributed by atoms with van der Waals surface area (Å²) in [5, 5.41) is 20.3. The molecule has 0 radical (unpaired) electrons. The van der Waals surface area contributed by atoms with Crippen molar-refractivity contribution in [2.24, 2.45) is 46.3 Å². The Balaban J connectivity index is 1.67. The van der Waals surface area contributed by atoms with Crippen molar-refractivity contribution in [3.63, 3.8) is 0 Å². The molecule has 8 unspecified atom stereocenters. The van der Waals surface area contributed by atoms with E-state index in [1.54, 1.807) is 6.92 Å². The third-order valence-electron chi connectivity index (χ3n) is 10.5. The van der Waals surface area contributed by atoms with Crippen molar-refractivity contribution in [2.45, 2.75) is 92.1 Å². The van der Waals surface area contributed by atoms with Gasteiger partial charge >= 0.3 is 5.97 Å². The van der Waals surface area contributed by atoms with E-state index in [-0.39, 0.29) is 29.3 Å². The zero-order valence-corrected chi connectivity index (χ0v) is 21.5. The van der Waals surface area contributed by atoms with E-state index in [9.17, 15) is 24.6 Å². The number of Topliss-reactive ketones (excluding diaryl/α,β-unsaturated/α-hetero) is 2. The van der Waals surface area contributed by atoms with Gasteiger partial charge in [0.25, 0.3) is 0 Å². The fourth-order valence-electron chi connectivity index (χ4n) is 8.44. The molecular formula is C29H42O5. The smallest absolute Gasteiger partial charge is 0.309 e. The molecule has 0 saturated heterocycles. The van der Waals surface area contributed by atoms with Gasteiger partial charge in [-0.1, -0.05) is 45.4 Å². The summed E-state index contributed by atoms with van der Waals surface area (Å²) in [6, 6.07) is 0. The lowest BCUT2D eigenvalue weighted by Crippen LogP contribution is -2.58. The molecular weight excluding hydrogens is 428 g/mol. The zero-order valence-electron chi connectivity index (χ0n) is 21.5. The SMILES string of the molecule is C=C(CCC(C)C1CCC2C3=C(C(=O)CC21C)C1(C)C(=O)CC(O)C(C(=O)O)C1CC3)C(C)C. The molecule has 2 fully saturated rings. The average Bonchev–Trinajstić information content (AvgIpc) is 3.08. The summed E-state index contributed by atoms with van der Waals surface area (Å²) in [5.74, 6) is -0.989. The van der Waals surface area contributed by atoms with E-state index in [1.807, 2.05) is 0 Å². The van der Waals surface area contributed by atoms with Gasteiger partial charge in [0.1, 0.15) is 5.78 Å². The largest absolute Gasteiger partial charge is 0.481 e. The first kappa shape index (κ1) is 25.3. The molecule has 0 aliphatic heterocycles. The Bertz CT molecular complexity index is 944. The fraction of sp³-hybridized carbons (Fsp3) is 0.759. The molecule has 4 aliphatic rings. The van der Waals surface area contributed by atoms with E-state index >= 15 is 0 Å². The Labute approximate surface area is 204 Å². The van der Waals surface area contributed by atoms with Crippen LogP contribution in [0.4, 0.5) is 0 Å². The minimum atomic E-state index is -1.17. The number of hydrogen-bond donors (Lipinski definition) is 2. The minimum Gasteiger partial charge on any atom is -0.481 e. The van der Waals surface area contributed by atoms with Crippen LogP contribution >= 0.6 is 0 Å². The number of allylic oxidation sites excluding steroid dienone is 3. The van der Waals surface area contributed by atoms with Crippen molar-refractivity contribution in [3.8, 4) is 0 Å². The molecule has 8 atom stereocenters. The number of rotatable bonds is 6. The molecule has 34 heavy (non-hydrogen) atoms. The second kappa shape index (κ2) is 8.72. The molecule has 0 heterocycles. The van der Waals surface area contributed by atoms with Gasteiger partial charge in [0.2, 0.25) is 0 Å². The van der Waals surface area contributed by atoms with Crippen LogP contribution in [0.5, 0.6) is 0 Å². The van der Waals surface area contributed by atoms with Gasteiger partial charge in [-0.2, -0.15) is 0 Å². The van der Waals surface area contributed by atoms with Crippen LogP contribution in [0, 0.1) is 46.3 Å². The molecule has 0 aromatic rings. The molecule has 0 aromatic carbocycles. The number of fused-ring (bicyclic) bond motifs is 4. The Morgan fingerprint density at radius 3 is 2.44 bits per heavy atom. The molecule has 4 rings (SSSR count). The van der Waals surface area contributed by atoms with Crippen molar-refractivity contribution >= 4 is 17.5 Å². The molecule has 0 amide bonds. The van der Waals surface area contributed by atoms with Gasteiger partial charge in [-0.3, -0.25) is 14.4 Å². The van der Waals surface area contributed by atoms with E-state index < -0.39 is 29.3 Å². The maximum absolute atomic E-state index is 13.8. The van der Waals surface area contributed by atoms with Gasteiger partial charge in [-0.05, 0) is 80.5 Å². The molecule has 5 heteroatoms. The monoisotopic (exact) mass is 470 g/mol. The first-order chi connectivity index (χ1) is 15.8. The molecule has 0 aromatic heterocycles. The molecule has 188 valence electrons. The number of aliphatic hydroxyl groups excluding tert-OH is 1. The van der Waals surface area contributed by atoms with Gasteiger partial charge in [0.05, 0.1) is 17.4 Å². The van der Waals surface area contributed by atoms with Gasteiger partial charge in [-0.25, -0.2) is 0 Å². The first-order valence-electron chi connectivity index (χ1n) is 13.2.